The van der Waals surface area contributed by atoms with Crippen molar-refractivity contribution < 1.29 is 13.2 Å². The van der Waals surface area contributed by atoms with E-state index in [0.29, 0.717) is 6.54 Å². The molecule has 1 aromatic rings. The number of alkyl halides is 3. The normalized spacial score (nSPS) is 13.7. The molecule has 3 N–H and O–H groups in total. The van der Waals surface area contributed by atoms with Crippen molar-refractivity contribution in [2.24, 2.45) is 5.73 Å². The van der Waals surface area contributed by atoms with Crippen LogP contribution in [0, 0.1) is 0 Å². The summed E-state index contributed by atoms with van der Waals surface area (Å²) in [6.45, 7) is 2.26. The maximum absolute atomic E-state index is 12.7. The number of hydrogen-bond donors (Lipinski definition) is 2. The van der Waals surface area contributed by atoms with Crippen LogP contribution in [0.3, 0.4) is 0 Å². The molecule has 1 rings (SSSR count). The number of hydrogen-bond acceptors (Lipinski definition) is 3. The van der Waals surface area contributed by atoms with Gasteiger partial charge in [0.15, 0.2) is 0 Å². The smallest absolute Gasteiger partial charge is 0.323 e. The van der Waals surface area contributed by atoms with E-state index in [4.69, 9.17) is 5.73 Å². The van der Waals surface area contributed by atoms with Gasteiger partial charge in [-0.25, -0.2) is 0 Å². The zero-order chi connectivity index (χ0) is 12.9. The van der Waals surface area contributed by atoms with Gasteiger partial charge in [-0.1, -0.05) is 37.1 Å². The second kappa shape index (κ2) is 6.28. The van der Waals surface area contributed by atoms with Crippen LogP contribution in [0.15, 0.2) is 24.3 Å². The van der Waals surface area contributed by atoms with Crippen LogP contribution in [0.2, 0.25) is 0 Å². The van der Waals surface area contributed by atoms with Crippen molar-refractivity contribution in [3.8, 4) is 0 Å². The van der Waals surface area contributed by atoms with Crippen molar-refractivity contribution in [3.63, 3.8) is 0 Å². The van der Waals surface area contributed by atoms with Crippen LogP contribution in [-0.4, -0.2) is 12.3 Å². The number of benzene rings is 1. The van der Waals surface area contributed by atoms with Gasteiger partial charge in [-0.15, -0.1) is 0 Å². The summed E-state index contributed by atoms with van der Waals surface area (Å²) in [7, 11) is 0. The summed E-state index contributed by atoms with van der Waals surface area (Å²) >= 11 is 1.43. The molecule has 0 amide bonds. The molecule has 0 saturated heterocycles. The first-order chi connectivity index (χ1) is 7.96. The van der Waals surface area contributed by atoms with Gasteiger partial charge in [0.1, 0.15) is 0 Å². The molecule has 0 aliphatic heterocycles. The van der Waals surface area contributed by atoms with Crippen LogP contribution in [-0.2, 0) is 6.18 Å². The molecular weight excluding hydrogens is 249 g/mol. The topological polar surface area (TPSA) is 38.0 Å². The summed E-state index contributed by atoms with van der Waals surface area (Å²) in [6.07, 6.45) is -4.36. The minimum absolute atomic E-state index is 0.129. The number of nitrogens with one attached hydrogen (secondary N) is 1. The Balaban J connectivity index is 2.82. The third kappa shape index (κ3) is 4.22. The van der Waals surface area contributed by atoms with E-state index >= 15 is 0 Å². The van der Waals surface area contributed by atoms with E-state index in [2.05, 4.69) is 4.72 Å². The highest BCUT2D eigenvalue weighted by Gasteiger charge is 2.34. The molecule has 2 nitrogen and oxygen atoms in total. The first-order valence-electron chi connectivity index (χ1n) is 5.23. The van der Waals surface area contributed by atoms with Gasteiger partial charge < -0.3 is 5.73 Å². The van der Waals surface area contributed by atoms with Gasteiger partial charge in [0.25, 0.3) is 0 Å². The molecule has 0 aliphatic rings. The predicted molar refractivity (Wildman–Crippen MR) is 64.5 cm³/mol. The highest BCUT2D eigenvalue weighted by atomic mass is 32.2. The molecule has 1 atom stereocenters. The average Bonchev–Trinajstić information content (AvgIpc) is 2.28. The van der Waals surface area contributed by atoms with Gasteiger partial charge in [0, 0.05) is 18.3 Å². The van der Waals surface area contributed by atoms with Gasteiger partial charge in [-0.2, -0.15) is 13.2 Å². The maximum atomic E-state index is 12.7. The lowest BCUT2D eigenvalue weighted by Crippen LogP contribution is -2.25. The van der Waals surface area contributed by atoms with E-state index in [0.717, 1.165) is 11.8 Å². The highest BCUT2D eigenvalue weighted by molar-refractivity contribution is 7.97. The lowest BCUT2D eigenvalue weighted by atomic mass is 10.0. The molecule has 0 bridgehead atoms. The van der Waals surface area contributed by atoms with Crippen LogP contribution in [0.25, 0.3) is 0 Å². The predicted octanol–water partition coefficient (Wildman–Crippen LogP) is 2.96. The van der Waals surface area contributed by atoms with Crippen molar-refractivity contribution >= 4 is 11.9 Å². The Morgan fingerprint density at radius 1 is 1.35 bits per heavy atom. The Bertz CT molecular complexity index is 355. The van der Waals surface area contributed by atoms with Gasteiger partial charge in [-0.3, -0.25) is 4.72 Å². The second-order valence-corrected chi connectivity index (χ2v) is 4.63. The zero-order valence-electron chi connectivity index (χ0n) is 9.42. The van der Waals surface area contributed by atoms with Crippen LogP contribution in [0.5, 0.6) is 0 Å². The number of nitrogens with two attached hydrogens (primary N) is 1. The quantitative estimate of drug-likeness (QED) is 0.634. The van der Waals surface area contributed by atoms with Gasteiger partial charge in [0.05, 0.1) is 5.56 Å². The summed E-state index contributed by atoms with van der Waals surface area (Å²) in [5, 5.41) is 0. The average molecular weight is 264 g/mol. The summed E-state index contributed by atoms with van der Waals surface area (Å²) < 4.78 is 41.1. The number of rotatable bonds is 5. The molecule has 1 aromatic carbocycles. The van der Waals surface area contributed by atoms with E-state index in [-0.39, 0.29) is 5.56 Å². The molecule has 6 heteroatoms. The van der Waals surface area contributed by atoms with Crippen LogP contribution >= 0.6 is 11.9 Å². The fraction of sp³-hybridized carbons (Fsp3) is 0.455. The largest absolute Gasteiger partial charge is 0.416 e. The molecule has 17 heavy (non-hydrogen) atoms. The second-order valence-electron chi connectivity index (χ2n) is 3.47. The Hall–Kier alpha value is -0.720. The summed E-state index contributed by atoms with van der Waals surface area (Å²) in [5.74, 6) is 0.841. The lowest BCUT2D eigenvalue weighted by Gasteiger charge is -2.18. The molecule has 0 aliphatic carbocycles. The molecule has 0 fully saturated rings. The Morgan fingerprint density at radius 2 is 2.00 bits per heavy atom. The molecule has 0 aromatic heterocycles. The Kier molecular flexibility index (Phi) is 5.30. The van der Waals surface area contributed by atoms with Crippen LogP contribution in [0.4, 0.5) is 13.2 Å². The standard InChI is InChI=1S/C11H15F3N2S/c1-2-17-16-7-10(15)8-5-3-4-6-9(8)11(12,13)14/h3-6,10,16H,2,7,15H2,1H3. The molecule has 0 spiro atoms. The van der Waals surface area contributed by atoms with Crippen LogP contribution < -0.4 is 10.5 Å². The fourth-order valence-corrected chi connectivity index (χ4v) is 1.94. The van der Waals surface area contributed by atoms with Crippen molar-refractivity contribution in [2.75, 3.05) is 12.3 Å². The minimum atomic E-state index is -4.36. The van der Waals surface area contributed by atoms with E-state index in [1.54, 1.807) is 6.07 Å². The molecule has 1 unspecified atom stereocenters. The monoisotopic (exact) mass is 264 g/mol. The van der Waals surface area contributed by atoms with Gasteiger partial charge in [-0.05, 0) is 11.6 Å². The summed E-state index contributed by atoms with van der Waals surface area (Å²) in [4.78, 5) is 0. The van der Waals surface area contributed by atoms with Gasteiger partial charge >= 0.3 is 6.18 Å². The lowest BCUT2D eigenvalue weighted by molar-refractivity contribution is -0.138. The minimum Gasteiger partial charge on any atom is -0.323 e. The zero-order valence-corrected chi connectivity index (χ0v) is 10.2. The fourth-order valence-electron chi connectivity index (χ4n) is 1.44. The van der Waals surface area contributed by atoms with Crippen molar-refractivity contribution in [3.05, 3.63) is 35.4 Å². The molecule has 0 heterocycles. The Morgan fingerprint density at radius 3 is 2.59 bits per heavy atom. The van der Waals surface area contributed by atoms with Crippen LogP contribution in [0.1, 0.15) is 24.1 Å². The molecule has 0 saturated carbocycles. The first-order valence-corrected chi connectivity index (χ1v) is 6.21. The third-order valence-electron chi connectivity index (χ3n) is 2.22. The third-order valence-corrected chi connectivity index (χ3v) is 2.87. The Labute approximate surface area is 103 Å². The first kappa shape index (κ1) is 14.3. The van der Waals surface area contributed by atoms with Gasteiger partial charge in [0.2, 0.25) is 0 Å². The summed E-state index contributed by atoms with van der Waals surface area (Å²) in [6, 6.07) is 4.75. The SMILES string of the molecule is CCSNCC(N)c1ccccc1C(F)(F)F. The molecular formula is C11H15F3N2S. The highest BCUT2D eigenvalue weighted by Crippen LogP contribution is 2.33. The van der Waals surface area contributed by atoms with Crippen molar-refractivity contribution in [2.45, 2.75) is 19.1 Å². The van der Waals surface area contributed by atoms with E-state index < -0.39 is 17.8 Å². The summed E-state index contributed by atoms with van der Waals surface area (Å²) in [5.41, 5.74) is 5.23. The molecule has 0 radical (unpaired) electrons. The maximum Gasteiger partial charge on any atom is 0.416 e. The van der Waals surface area contributed by atoms with E-state index in [1.807, 2.05) is 6.92 Å². The van der Waals surface area contributed by atoms with E-state index in [1.165, 1.54) is 24.1 Å². The molecule has 96 valence electrons. The van der Waals surface area contributed by atoms with E-state index in [9.17, 15) is 13.2 Å². The van der Waals surface area contributed by atoms with Crippen molar-refractivity contribution in [1.29, 1.82) is 0 Å². The van der Waals surface area contributed by atoms with Crippen molar-refractivity contribution in [1.82, 2.24) is 4.72 Å². The number of halogens is 3.